The van der Waals surface area contributed by atoms with E-state index in [0.717, 1.165) is 50.1 Å². The Kier molecular flexibility index (Phi) is 7.85. The Morgan fingerprint density at radius 2 is 0.815 bits per heavy atom. The van der Waals surface area contributed by atoms with Gasteiger partial charge in [-0.05, 0) is 92.2 Å². The van der Waals surface area contributed by atoms with Crippen LogP contribution in [0.2, 0.25) is 0 Å². The van der Waals surface area contributed by atoms with Crippen molar-refractivity contribution in [3.63, 3.8) is 0 Å². The van der Waals surface area contributed by atoms with Crippen molar-refractivity contribution in [3.05, 3.63) is 212 Å². The van der Waals surface area contributed by atoms with Crippen molar-refractivity contribution in [2.75, 3.05) is 4.90 Å². The van der Waals surface area contributed by atoms with Gasteiger partial charge < -0.3 is 9.32 Å². The van der Waals surface area contributed by atoms with E-state index in [9.17, 15) is 0 Å². The standard InChI is InChI=1S/C52H35NO/c1-3-13-36(14-4-1)37-25-29-41(30-26-37)53(42-31-27-40(28-32-42)45-21-12-23-49-48-20-9-10-24-51(48)54-52(45)49)43-33-34-47(50(35-43)39-15-5-2-6-16-39)46-22-11-18-38-17-7-8-19-44(38)46/h1-35H. The van der Waals surface area contributed by atoms with Crippen LogP contribution in [0.1, 0.15) is 0 Å². The van der Waals surface area contributed by atoms with E-state index in [2.05, 4.69) is 205 Å². The molecule has 0 unspecified atom stereocenters. The average molecular weight is 690 g/mol. The van der Waals surface area contributed by atoms with Gasteiger partial charge in [-0.3, -0.25) is 0 Å². The molecule has 0 atom stereocenters. The zero-order valence-electron chi connectivity index (χ0n) is 29.6. The van der Waals surface area contributed by atoms with Crippen molar-refractivity contribution in [1.29, 1.82) is 0 Å². The highest BCUT2D eigenvalue weighted by molar-refractivity contribution is 6.09. The van der Waals surface area contributed by atoms with Crippen LogP contribution in [-0.2, 0) is 0 Å². The molecule has 54 heavy (non-hydrogen) atoms. The molecule has 0 amide bonds. The maximum Gasteiger partial charge on any atom is 0.143 e. The minimum atomic E-state index is 0.905. The molecule has 0 aliphatic carbocycles. The number of nitrogens with zero attached hydrogens (tertiary/aromatic N) is 1. The number of fused-ring (bicyclic) bond motifs is 4. The number of para-hydroxylation sites is 2. The number of hydrogen-bond acceptors (Lipinski definition) is 2. The third-order valence-electron chi connectivity index (χ3n) is 10.5. The molecule has 1 aromatic heterocycles. The highest BCUT2D eigenvalue weighted by atomic mass is 16.3. The lowest BCUT2D eigenvalue weighted by Crippen LogP contribution is -2.10. The van der Waals surface area contributed by atoms with Crippen molar-refractivity contribution < 1.29 is 4.42 Å². The van der Waals surface area contributed by atoms with Gasteiger partial charge in [-0.2, -0.15) is 0 Å². The fourth-order valence-electron chi connectivity index (χ4n) is 7.87. The van der Waals surface area contributed by atoms with Gasteiger partial charge in [0.2, 0.25) is 0 Å². The maximum atomic E-state index is 6.42. The molecule has 0 spiro atoms. The van der Waals surface area contributed by atoms with Gasteiger partial charge in [0.05, 0.1) is 0 Å². The maximum absolute atomic E-state index is 6.42. The van der Waals surface area contributed by atoms with E-state index in [-0.39, 0.29) is 0 Å². The van der Waals surface area contributed by atoms with E-state index >= 15 is 0 Å². The van der Waals surface area contributed by atoms with E-state index in [4.69, 9.17) is 4.42 Å². The topological polar surface area (TPSA) is 16.4 Å². The smallest absolute Gasteiger partial charge is 0.143 e. The quantitative estimate of drug-likeness (QED) is 0.166. The van der Waals surface area contributed by atoms with Crippen LogP contribution in [0.25, 0.3) is 77.2 Å². The van der Waals surface area contributed by atoms with Crippen LogP contribution in [0, 0.1) is 0 Å². The van der Waals surface area contributed by atoms with Gasteiger partial charge in [0, 0.05) is 33.4 Å². The van der Waals surface area contributed by atoms with Gasteiger partial charge >= 0.3 is 0 Å². The highest BCUT2D eigenvalue weighted by Gasteiger charge is 2.19. The van der Waals surface area contributed by atoms with Crippen molar-refractivity contribution in [2.24, 2.45) is 0 Å². The van der Waals surface area contributed by atoms with Crippen LogP contribution >= 0.6 is 0 Å². The lowest BCUT2D eigenvalue weighted by Gasteiger charge is -2.27. The monoisotopic (exact) mass is 689 g/mol. The van der Waals surface area contributed by atoms with Gasteiger partial charge in [-0.1, -0.05) is 170 Å². The summed E-state index contributed by atoms with van der Waals surface area (Å²) < 4.78 is 6.42. The Hall–Kier alpha value is -7.16. The minimum Gasteiger partial charge on any atom is -0.455 e. The highest BCUT2D eigenvalue weighted by Crippen LogP contribution is 2.43. The molecule has 2 nitrogen and oxygen atoms in total. The first-order valence-electron chi connectivity index (χ1n) is 18.4. The van der Waals surface area contributed by atoms with E-state index in [1.165, 1.54) is 44.2 Å². The Morgan fingerprint density at radius 1 is 0.296 bits per heavy atom. The second-order valence-electron chi connectivity index (χ2n) is 13.7. The lowest BCUT2D eigenvalue weighted by molar-refractivity contribution is 0.670. The average Bonchev–Trinajstić information content (AvgIpc) is 3.64. The summed E-state index contributed by atoms with van der Waals surface area (Å²) in [5, 5.41) is 4.74. The third kappa shape index (κ3) is 5.62. The third-order valence-corrected chi connectivity index (χ3v) is 10.5. The Labute approximate surface area is 314 Å². The van der Waals surface area contributed by atoms with Gasteiger partial charge in [-0.25, -0.2) is 0 Å². The molecule has 9 aromatic carbocycles. The summed E-state index contributed by atoms with van der Waals surface area (Å²) in [7, 11) is 0. The number of anilines is 3. The van der Waals surface area contributed by atoms with Crippen molar-refractivity contribution in [1.82, 2.24) is 0 Å². The molecule has 0 fully saturated rings. The molecule has 1 heterocycles. The Balaban J connectivity index is 1.13. The molecular formula is C52H35NO. The molecule has 254 valence electrons. The van der Waals surface area contributed by atoms with E-state index in [0.29, 0.717) is 0 Å². The summed E-state index contributed by atoms with van der Waals surface area (Å²) in [6, 6.07) is 75.9. The second-order valence-corrected chi connectivity index (χ2v) is 13.7. The van der Waals surface area contributed by atoms with Gasteiger partial charge in [0.1, 0.15) is 11.2 Å². The molecule has 0 N–H and O–H groups in total. The zero-order valence-corrected chi connectivity index (χ0v) is 29.6. The minimum absolute atomic E-state index is 0.905. The molecular weight excluding hydrogens is 655 g/mol. The second kappa shape index (κ2) is 13.4. The van der Waals surface area contributed by atoms with Crippen LogP contribution in [-0.4, -0.2) is 0 Å². The first-order valence-corrected chi connectivity index (χ1v) is 18.4. The fourth-order valence-corrected chi connectivity index (χ4v) is 7.87. The lowest BCUT2D eigenvalue weighted by atomic mass is 9.90. The summed E-state index contributed by atoms with van der Waals surface area (Å²) in [5.41, 5.74) is 14.4. The van der Waals surface area contributed by atoms with Gasteiger partial charge in [0.25, 0.3) is 0 Å². The van der Waals surface area contributed by atoms with E-state index in [1.807, 2.05) is 12.1 Å². The predicted octanol–water partition coefficient (Wildman–Crippen LogP) is 14.9. The summed E-state index contributed by atoms with van der Waals surface area (Å²) in [6.07, 6.45) is 0. The molecule has 10 aromatic rings. The summed E-state index contributed by atoms with van der Waals surface area (Å²) in [6.45, 7) is 0. The van der Waals surface area contributed by atoms with Crippen molar-refractivity contribution >= 4 is 49.8 Å². The molecule has 0 aliphatic rings. The van der Waals surface area contributed by atoms with Crippen LogP contribution in [0.3, 0.4) is 0 Å². The molecule has 0 aliphatic heterocycles. The summed E-state index contributed by atoms with van der Waals surface area (Å²) in [4.78, 5) is 2.36. The molecule has 0 saturated carbocycles. The number of hydrogen-bond donors (Lipinski definition) is 0. The van der Waals surface area contributed by atoms with Gasteiger partial charge in [0.15, 0.2) is 0 Å². The van der Waals surface area contributed by atoms with Crippen LogP contribution in [0.15, 0.2) is 217 Å². The van der Waals surface area contributed by atoms with E-state index < -0.39 is 0 Å². The summed E-state index contributed by atoms with van der Waals surface area (Å²) >= 11 is 0. The van der Waals surface area contributed by atoms with Crippen molar-refractivity contribution in [2.45, 2.75) is 0 Å². The normalized spacial score (nSPS) is 11.3. The molecule has 0 bridgehead atoms. The molecule has 2 heteroatoms. The largest absolute Gasteiger partial charge is 0.455 e. The fraction of sp³-hybridized carbons (Fsp3) is 0. The Bertz CT molecular complexity index is 2900. The summed E-state index contributed by atoms with van der Waals surface area (Å²) in [5.74, 6) is 0. The number of furan rings is 1. The van der Waals surface area contributed by atoms with Crippen LogP contribution in [0.4, 0.5) is 17.1 Å². The molecule has 0 radical (unpaired) electrons. The predicted molar refractivity (Wildman–Crippen MR) is 228 cm³/mol. The van der Waals surface area contributed by atoms with Crippen molar-refractivity contribution in [3.8, 4) is 44.5 Å². The Morgan fingerprint density at radius 3 is 1.57 bits per heavy atom. The SMILES string of the molecule is c1ccc(-c2ccc(N(c3ccc(-c4cccc5c4oc4ccccc45)cc3)c3ccc(-c4cccc5ccccc45)c(-c4ccccc4)c3)cc2)cc1. The molecule has 10 rings (SSSR count). The first kappa shape index (κ1) is 31.6. The van der Waals surface area contributed by atoms with Gasteiger partial charge in [-0.15, -0.1) is 0 Å². The number of rotatable bonds is 7. The molecule has 0 saturated heterocycles. The van der Waals surface area contributed by atoms with Crippen LogP contribution < -0.4 is 4.90 Å². The first-order chi connectivity index (χ1) is 26.8. The zero-order chi connectivity index (χ0) is 35.8. The number of benzene rings is 9. The van der Waals surface area contributed by atoms with Crippen LogP contribution in [0.5, 0.6) is 0 Å². The van der Waals surface area contributed by atoms with E-state index in [1.54, 1.807) is 0 Å².